The number of fused-ring (bicyclic) bond motifs is 4. The van der Waals surface area contributed by atoms with E-state index < -0.39 is 29.7 Å². The lowest BCUT2D eigenvalue weighted by Gasteiger charge is -2.42. The molecule has 5 fully saturated rings. The fraction of sp³-hybridized carbons (Fsp3) is 0.688. The lowest BCUT2D eigenvalue weighted by Crippen LogP contribution is -2.46. The van der Waals surface area contributed by atoms with Crippen LogP contribution in [0.2, 0.25) is 0 Å². The van der Waals surface area contributed by atoms with Gasteiger partial charge in [-0.15, -0.1) is 11.6 Å². The Labute approximate surface area is 275 Å². The monoisotopic (exact) mass is 672 g/mol. The smallest absolute Gasteiger partial charge is 0.319 e. The van der Waals surface area contributed by atoms with E-state index in [1.807, 2.05) is 4.90 Å². The van der Waals surface area contributed by atoms with Gasteiger partial charge in [-0.3, -0.25) is 20.7 Å². The number of nitrogens with one attached hydrogen (secondary N) is 2. The SMILES string of the molecule is O[C@@H]1c2ncc(o2)CCC2C(Cl)CC3NNCC3C2c2ncc3c(nc(OC[C@@]45CCCN4C[C@H](F)C5)nc3c2F)N2CCO[C@@H]1C2. The third kappa shape index (κ3) is 5.09. The van der Waals surface area contributed by atoms with Crippen molar-refractivity contribution < 1.29 is 27.8 Å². The summed E-state index contributed by atoms with van der Waals surface area (Å²) in [5.74, 6) is 0.404. The minimum atomic E-state index is -1.12. The number of hydrogen-bond donors (Lipinski definition) is 3. The fourth-order valence-electron chi connectivity index (χ4n) is 9.22. The van der Waals surface area contributed by atoms with Gasteiger partial charge in [0.15, 0.2) is 11.9 Å². The summed E-state index contributed by atoms with van der Waals surface area (Å²) in [6, 6.07) is 0.101. The van der Waals surface area contributed by atoms with Gasteiger partial charge in [-0.1, -0.05) is 0 Å². The molecule has 15 heteroatoms. The maximum absolute atomic E-state index is 17.1. The van der Waals surface area contributed by atoms with Gasteiger partial charge in [-0.2, -0.15) is 9.97 Å². The first-order valence-electron chi connectivity index (χ1n) is 16.9. The standard InChI is InChI=1S/C32H39ClF2N8O4/c33-21-8-22-19(12-38-41-22)24-18(21)3-2-17-10-37-30(47-17)28(44)23-14-42(6-7-45-23)29-20-11-36-27(24)25(35)26(20)39-31(40-29)46-15-32-4-1-5-43(32)13-16(34)9-32/h10-11,16,18-19,21-24,28,38,41,44H,1-9,12-15H2/t16-,18?,19?,21?,22?,23-,24?,28+,32+/m1/s1. The van der Waals surface area contributed by atoms with Gasteiger partial charge in [0.25, 0.3) is 0 Å². The molecule has 4 saturated heterocycles. The molecule has 3 N–H and O–H groups in total. The number of ether oxygens (including phenoxy) is 2. The minimum Gasteiger partial charge on any atom is -0.461 e. The van der Waals surface area contributed by atoms with Crippen LogP contribution in [-0.2, 0) is 11.2 Å². The minimum absolute atomic E-state index is 0.0339. The maximum atomic E-state index is 17.1. The number of pyridine rings is 1. The number of alkyl halides is 2. The number of anilines is 1. The Morgan fingerprint density at radius 3 is 3.00 bits per heavy atom. The van der Waals surface area contributed by atoms with Crippen LogP contribution in [0.1, 0.15) is 61.5 Å². The number of oxazole rings is 1. The number of hydrogen-bond acceptors (Lipinski definition) is 12. The average Bonchev–Trinajstić information content (AvgIpc) is 3.87. The predicted molar refractivity (Wildman–Crippen MR) is 166 cm³/mol. The van der Waals surface area contributed by atoms with Crippen molar-refractivity contribution in [2.24, 2.45) is 11.8 Å². The number of morpholine rings is 1. The number of rotatable bonds is 3. The average molecular weight is 673 g/mol. The molecule has 1 saturated carbocycles. The molecular weight excluding hydrogens is 634 g/mol. The fourth-order valence-corrected chi connectivity index (χ4v) is 9.69. The molecule has 9 heterocycles. The highest BCUT2D eigenvalue weighted by atomic mass is 35.5. The summed E-state index contributed by atoms with van der Waals surface area (Å²) >= 11 is 7.09. The molecule has 7 aliphatic rings. The molecule has 0 radical (unpaired) electrons. The number of aliphatic hydroxyl groups excluding tert-OH is 1. The molecule has 0 aromatic carbocycles. The van der Waals surface area contributed by atoms with E-state index in [2.05, 4.69) is 25.7 Å². The molecule has 47 heavy (non-hydrogen) atoms. The number of aromatic nitrogens is 4. The van der Waals surface area contributed by atoms with Crippen molar-refractivity contribution in [2.45, 2.75) is 79.8 Å². The highest BCUT2D eigenvalue weighted by molar-refractivity contribution is 6.21. The number of aliphatic hydroxyl groups is 1. The first-order chi connectivity index (χ1) is 22.9. The second kappa shape index (κ2) is 11.7. The van der Waals surface area contributed by atoms with Crippen LogP contribution >= 0.6 is 11.6 Å². The Morgan fingerprint density at radius 1 is 1.17 bits per heavy atom. The Hall–Kier alpha value is -2.75. The van der Waals surface area contributed by atoms with E-state index in [0.717, 1.165) is 25.8 Å². The molecule has 8 bridgehead atoms. The molecule has 3 aromatic rings. The largest absolute Gasteiger partial charge is 0.461 e. The zero-order chi connectivity index (χ0) is 31.9. The van der Waals surface area contributed by atoms with Crippen LogP contribution in [0, 0.1) is 17.7 Å². The normalized spacial score (nSPS) is 37.0. The topological polar surface area (TPSA) is 134 Å². The van der Waals surface area contributed by atoms with E-state index in [0.29, 0.717) is 68.2 Å². The van der Waals surface area contributed by atoms with Crippen LogP contribution in [0.15, 0.2) is 16.8 Å². The van der Waals surface area contributed by atoms with Gasteiger partial charge in [-0.25, -0.2) is 13.8 Å². The van der Waals surface area contributed by atoms with Gasteiger partial charge in [0.05, 0.1) is 29.4 Å². The van der Waals surface area contributed by atoms with Gasteiger partial charge >= 0.3 is 6.01 Å². The van der Waals surface area contributed by atoms with Crippen LogP contribution in [-0.4, -0.2) is 105 Å². The molecule has 10 rings (SSSR count). The summed E-state index contributed by atoms with van der Waals surface area (Å²) in [5, 5.41) is 11.5. The van der Waals surface area contributed by atoms with Crippen molar-refractivity contribution in [3.63, 3.8) is 0 Å². The quantitative estimate of drug-likeness (QED) is 0.354. The number of halogens is 3. The maximum Gasteiger partial charge on any atom is 0.319 e. The third-order valence-corrected chi connectivity index (χ3v) is 12.0. The third-order valence-electron chi connectivity index (χ3n) is 11.5. The number of hydrazine groups is 1. The summed E-state index contributed by atoms with van der Waals surface area (Å²) in [7, 11) is 0. The molecule has 0 amide bonds. The van der Waals surface area contributed by atoms with E-state index in [1.54, 1.807) is 12.4 Å². The zero-order valence-corrected chi connectivity index (χ0v) is 26.7. The van der Waals surface area contributed by atoms with Crippen molar-refractivity contribution >= 4 is 28.3 Å². The Morgan fingerprint density at radius 2 is 2.09 bits per heavy atom. The van der Waals surface area contributed by atoms with Gasteiger partial charge in [0.1, 0.15) is 36.0 Å². The van der Waals surface area contributed by atoms with Crippen molar-refractivity contribution in [2.75, 3.05) is 50.8 Å². The van der Waals surface area contributed by atoms with Gasteiger partial charge in [0.2, 0.25) is 5.89 Å². The van der Waals surface area contributed by atoms with Crippen LogP contribution < -0.4 is 20.5 Å². The molecule has 5 unspecified atom stereocenters. The molecular formula is C32H39ClF2N8O4. The number of nitrogens with zero attached hydrogens (tertiary/aromatic N) is 6. The highest BCUT2D eigenvalue weighted by Crippen LogP contribution is 2.48. The molecule has 3 aromatic heterocycles. The van der Waals surface area contributed by atoms with Crippen LogP contribution in [0.25, 0.3) is 10.9 Å². The van der Waals surface area contributed by atoms with Crippen molar-refractivity contribution in [3.8, 4) is 6.01 Å². The Kier molecular flexibility index (Phi) is 7.54. The molecule has 6 aliphatic heterocycles. The summed E-state index contributed by atoms with van der Waals surface area (Å²) in [4.78, 5) is 22.8. The van der Waals surface area contributed by atoms with E-state index >= 15 is 4.39 Å². The van der Waals surface area contributed by atoms with Crippen LogP contribution in [0.4, 0.5) is 14.6 Å². The van der Waals surface area contributed by atoms with Crippen molar-refractivity contribution in [1.29, 1.82) is 0 Å². The van der Waals surface area contributed by atoms with E-state index in [1.165, 1.54) is 0 Å². The summed E-state index contributed by atoms with van der Waals surface area (Å²) < 4.78 is 50.0. The summed E-state index contributed by atoms with van der Waals surface area (Å²) in [5.41, 5.74) is 6.65. The van der Waals surface area contributed by atoms with E-state index in [-0.39, 0.29) is 59.7 Å². The van der Waals surface area contributed by atoms with Crippen molar-refractivity contribution in [3.05, 3.63) is 35.6 Å². The van der Waals surface area contributed by atoms with Gasteiger partial charge < -0.3 is 23.9 Å². The summed E-state index contributed by atoms with van der Waals surface area (Å²) in [6.45, 7) is 3.08. The summed E-state index contributed by atoms with van der Waals surface area (Å²) in [6.07, 6.45) is 4.70. The van der Waals surface area contributed by atoms with Crippen molar-refractivity contribution in [1.82, 2.24) is 35.7 Å². The number of aryl methyl sites for hydroxylation is 1. The molecule has 252 valence electrons. The Bertz CT molecular complexity index is 1670. The van der Waals surface area contributed by atoms with Gasteiger partial charge in [-0.05, 0) is 44.1 Å². The molecule has 12 nitrogen and oxygen atoms in total. The first kappa shape index (κ1) is 30.3. The van der Waals surface area contributed by atoms with E-state index in [9.17, 15) is 9.50 Å². The zero-order valence-electron chi connectivity index (χ0n) is 26.0. The van der Waals surface area contributed by atoms with E-state index in [4.69, 9.17) is 35.5 Å². The second-order valence-electron chi connectivity index (χ2n) is 14.2. The molecule has 0 spiro atoms. The van der Waals surface area contributed by atoms with Crippen LogP contribution in [0.5, 0.6) is 6.01 Å². The predicted octanol–water partition coefficient (Wildman–Crippen LogP) is 2.80. The highest BCUT2D eigenvalue weighted by Gasteiger charge is 2.50. The van der Waals surface area contributed by atoms with Gasteiger partial charge in [0, 0.05) is 62.6 Å². The lowest BCUT2D eigenvalue weighted by molar-refractivity contribution is -0.0560. The lowest BCUT2D eigenvalue weighted by atomic mass is 9.66. The molecule has 1 aliphatic carbocycles. The first-order valence-corrected chi connectivity index (χ1v) is 17.3. The second-order valence-corrected chi connectivity index (χ2v) is 14.7. The van der Waals surface area contributed by atoms with Crippen LogP contribution in [0.3, 0.4) is 0 Å². The Balaban J connectivity index is 1.17. The molecule has 9 atom stereocenters.